The van der Waals surface area contributed by atoms with Gasteiger partial charge >= 0.3 is 0 Å². The van der Waals surface area contributed by atoms with Gasteiger partial charge < -0.3 is 10.2 Å². The van der Waals surface area contributed by atoms with Crippen molar-refractivity contribution in [2.24, 2.45) is 0 Å². The van der Waals surface area contributed by atoms with Crippen LogP contribution in [0.2, 0.25) is 0 Å². The first-order chi connectivity index (χ1) is 12.4. The van der Waals surface area contributed by atoms with Gasteiger partial charge in [-0.05, 0) is 36.6 Å². The number of rotatable bonds is 5. The van der Waals surface area contributed by atoms with Gasteiger partial charge in [0.1, 0.15) is 5.82 Å². The highest BCUT2D eigenvalue weighted by atomic mass is 32.2. The van der Waals surface area contributed by atoms with E-state index in [2.05, 4.69) is 29.4 Å². The number of nitrogens with zero attached hydrogens (tertiary/aromatic N) is 2. The van der Waals surface area contributed by atoms with Crippen LogP contribution in [0.4, 0.5) is 5.82 Å². The van der Waals surface area contributed by atoms with Crippen molar-refractivity contribution in [1.82, 2.24) is 9.88 Å². The first kappa shape index (κ1) is 18.4. The van der Waals surface area contributed by atoms with Crippen molar-refractivity contribution in [2.75, 3.05) is 23.9 Å². The summed E-state index contributed by atoms with van der Waals surface area (Å²) in [6, 6.07) is 11.4. The number of aryl methyl sites for hydroxylation is 1. The second-order valence-electron chi connectivity index (χ2n) is 6.69. The third kappa shape index (κ3) is 4.22. The molecule has 7 heteroatoms. The lowest BCUT2D eigenvalue weighted by atomic mass is 10.1. The Morgan fingerprint density at radius 2 is 2.04 bits per heavy atom. The molecule has 6 nitrogen and oxygen atoms in total. The van der Waals surface area contributed by atoms with E-state index < -0.39 is 9.84 Å². The lowest BCUT2D eigenvalue weighted by Crippen LogP contribution is -2.37. The first-order valence-electron chi connectivity index (χ1n) is 8.58. The Morgan fingerprint density at radius 1 is 1.27 bits per heavy atom. The minimum Gasteiger partial charge on any atom is -0.366 e. The van der Waals surface area contributed by atoms with Gasteiger partial charge in [-0.15, -0.1) is 0 Å². The van der Waals surface area contributed by atoms with Crippen LogP contribution in [0.15, 0.2) is 42.6 Å². The van der Waals surface area contributed by atoms with Crippen molar-refractivity contribution in [2.45, 2.75) is 25.9 Å². The van der Waals surface area contributed by atoms with Gasteiger partial charge in [0.15, 0.2) is 9.84 Å². The number of hydrogen-bond acceptors (Lipinski definition) is 5. The molecule has 0 aliphatic carbocycles. The van der Waals surface area contributed by atoms with Gasteiger partial charge in [0.2, 0.25) is 0 Å². The van der Waals surface area contributed by atoms with Crippen molar-refractivity contribution in [3.8, 4) is 0 Å². The topological polar surface area (TPSA) is 79.4 Å². The predicted molar refractivity (Wildman–Crippen MR) is 102 cm³/mol. The Bertz CT molecular complexity index is 895. The maximum absolute atomic E-state index is 12.5. The smallest absolute Gasteiger partial charge is 0.255 e. The maximum Gasteiger partial charge on any atom is 0.255 e. The van der Waals surface area contributed by atoms with E-state index in [1.54, 1.807) is 19.2 Å². The molecule has 1 N–H and O–H groups in total. The number of anilines is 1. The highest BCUT2D eigenvalue weighted by Crippen LogP contribution is 2.19. The Kier molecular flexibility index (Phi) is 5.27. The lowest BCUT2D eigenvalue weighted by Gasteiger charge is -2.23. The zero-order chi connectivity index (χ0) is 18.7. The van der Waals surface area contributed by atoms with Crippen molar-refractivity contribution in [3.05, 3.63) is 59.3 Å². The van der Waals surface area contributed by atoms with E-state index in [-0.39, 0.29) is 23.5 Å². The Labute approximate surface area is 154 Å². The van der Waals surface area contributed by atoms with Crippen LogP contribution in [0, 0.1) is 6.92 Å². The van der Waals surface area contributed by atoms with Crippen LogP contribution in [-0.2, 0) is 16.4 Å². The fourth-order valence-electron chi connectivity index (χ4n) is 3.07. The summed E-state index contributed by atoms with van der Waals surface area (Å²) >= 11 is 0. The molecule has 3 rings (SSSR count). The quantitative estimate of drug-likeness (QED) is 0.870. The number of benzene rings is 1. The second kappa shape index (κ2) is 7.45. The van der Waals surface area contributed by atoms with Crippen LogP contribution in [0.5, 0.6) is 0 Å². The van der Waals surface area contributed by atoms with Gasteiger partial charge in [0, 0.05) is 25.8 Å². The lowest BCUT2D eigenvalue weighted by molar-refractivity contribution is 0.0747. The molecule has 0 radical (unpaired) electrons. The fraction of sp³-hybridized carbons (Fsp3) is 0.368. The molecule has 2 aromatic rings. The van der Waals surface area contributed by atoms with E-state index >= 15 is 0 Å². The zero-order valence-electron chi connectivity index (χ0n) is 15.0. The molecule has 26 heavy (non-hydrogen) atoms. The first-order valence-corrected chi connectivity index (χ1v) is 10.4. The molecule has 1 fully saturated rings. The highest BCUT2D eigenvalue weighted by Gasteiger charge is 2.33. The van der Waals surface area contributed by atoms with Gasteiger partial charge in [-0.25, -0.2) is 13.4 Å². The summed E-state index contributed by atoms with van der Waals surface area (Å²) in [4.78, 5) is 18.4. The van der Waals surface area contributed by atoms with Crippen molar-refractivity contribution in [1.29, 1.82) is 0 Å². The molecule has 0 bridgehead atoms. The average Bonchev–Trinajstić information content (AvgIpc) is 3.00. The number of amides is 1. The van der Waals surface area contributed by atoms with E-state index in [9.17, 15) is 13.2 Å². The Balaban J connectivity index is 1.62. The SMILES string of the molecule is Cc1ccccc1CNc1ccc(C(=O)N(C)C2CCS(=O)(=O)C2)cn1. The summed E-state index contributed by atoms with van der Waals surface area (Å²) < 4.78 is 23.2. The van der Waals surface area contributed by atoms with Crippen molar-refractivity contribution in [3.63, 3.8) is 0 Å². The number of nitrogens with one attached hydrogen (secondary N) is 1. The van der Waals surface area contributed by atoms with Gasteiger partial charge in [0.05, 0.1) is 17.1 Å². The van der Waals surface area contributed by atoms with Crippen LogP contribution in [0.3, 0.4) is 0 Å². The third-order valence-electron chi connectivity index (χ3n) is 4.81. The molecule has 2 heterocycles. The van der Waals surface area contributed by atoms with E-state index in [0.29, 0.717) is 24.3 Å². The van der Waals surface area contributed by atoms with Crippen LogP contribution >= 0.6 is 0 Å². The van der Waals surface area contributed by atoms with Gasteiger partial charge in [-0.2, -0.15) is 0 Å². The summed E-state index contributed by atoms with van der Waals surface area (Å²) in [6.45, 7) is 2.72. The molecular formula is C19H23N3O3S. The summed E-state index contributed by atoms with van der Waals surface area (Å²) in [5.41, 5.74) is 2.86. The minimum atomic E-state index is -3.02. The van der Waals surface area contributed by atoms with E-state index in [4.69, 9.17) is 0 Å². The minimum absolute atomic E-state index is 0.0404. The second-order valence-corrected chi connectivity index (χ2v) is 8.91. The molecule has 1 saturated heterocycles. The predicted octanol–water partition coefficient (Wildman–Crippen LogP) is 2.26. The number of aromatic nitrogens is 1. The number of sulfone groups is 1. The molecule has 0 saturated carbocycles. The number of carbonyl (C=O) groups excluding carboxylic acids is 1. The molecule has 1 aliphatic heterocycles. The average molecular weight is 373 g/mol. The molecule has 1 aromatic heterocycles. The molecular weight excluding hydrogens is 350 g/mol. The Morgan fingerprint density at radius 3 is 2.65 bits per heavy atom. The van der Waals surface area contributed by atoms with E-state index in [1.807, 2.05) is 12.1 Å². The monoisotopic (exact) mass is 373 g/mol. The number of carbonyl (C=O) groups is 1. The molecule has 1 aromatic carbocycles. The van der Waals surface area contributed by atoms with E-state index in [1.165, 1.54) is 22.2 Å². The fourth-order valence-corrected chi connectivity index (χ4v) is 4.84. The Hall–Kier alpha value is -2.41. The number of hydrogen-bond donors (Lipinski definition) is 1. The van der Waals surface area contributed by atoms with Gasteiger partial charge in [-0.3, -0.25) is 4.79 Å². The molecule has 0 spiro atoms. The third-order valence-corrected chi connectivity index (χ3v) is 6.56. The summed E-state index contributed by atoms with van der Waals surface area (Å²) in [5.74, 6) is 0.676. The molecule has 1 amide bonds. The summed E-state index contributed by atoms with van der Waals surface area (Å²) in [6.07, 6.45) is 2.02. The molecule has 1 atom stereocenters. The van der Waals surface area contributed by atoms with Crippen molar-refractivity contribution < 1.29 is 13.2 Å². The zero-order valence-corrected chi connectivity index (χ0v) is 15.8. The van der Waals surface area contributed by atoms with Crippen LogP contribution in [-0.4, -0.2) is 48.8 Å². The maximum atomic E-state index is 12.5. The summed E-state index contributed by atoms with van der Waals surface area (Å²) in [5, 5.41) is 3.25. The van der Waals surface area contributed by atoms with Crippen LogP contribution in [0.1, 0.15) is 27.9 Å². The van der Waals surface area contributed by atoms with E-state index in [0.717, 1.165) is 0 Å². The highest BCUT2D eigenvalue weighted by molar-refractivity contribution is 7.91. The normalized spacial score (nSPS) is 18.5. The number of pyridine rings is 1. The molecule has 1 unspecified atom stereocenters. The van der Waals surface area contributed by atoms with Crippen LogP contribution < -0.4 is 5.32 Å². The van der Waals surface area contributed by atoms with Gasteiger partial charge in [0.25, 0.3) is 5.91 Å². The molecule has 1 aliphatic rings. The van der Waals surface area contributed by atoms with Crippen LogP contribution in [0.25, 0.3) is 0 Å². The summed E-state index contributed by atoms with van der Waals surface area (Å²) in [7, 11) is -1.37. The largest absolute Gasteiger partial charge is 0.366 e. The van der Waals surface area contributed by atoms with Crippen molar-refractivity contribution >= 4 is 21.6 Å². The molecule has 138 valence electrons. The van der Waals surface area contributed by atoms with Gasteiger partial charge in [-0.1, -0.05) is 24.3 Å². The standard InChI is InChI=1S/C19H23N3O3S/c1-14-5-3-4-6-15(14)11-20-18-8-7-16(12-21-18)19(23)22(2)17-9-10-26(24,25)13-17/h3-8,12,17H,9-11,13H2,1-2H3,(H,20,21).